The minimum absolute atomic E-state index is 0.883. The highest BCUT2D eigenvalue weighted by molar-refractivity contribution is 4.51. The van der Waals surface area contributed by atoms with Crippen LogP contribution in [0.4, 0.5) is 0 Å². The summed E-state index contributed by atoms with van der Waals surface area (Å²) in [4.78, 5) is 0. The van der Waals surface area contributed by atoms with E-state index in [2.05, 4.69) is 19.2 Å². The van der Waals surface area contributed by atoms with Crippen molar-refractivity contribution < 1.29 is 4.74 Å². The topological polar surface area (TPSA) is 21.3 Å². The maximum Gasteiger partial charge on any atom is 0.0590 e. The van der Waals surface area contributed by atoms with Gasteiger partial charge in [-0.15, -0.1) is 0 Å². The summed E-state index contributed by atoms with van der Waals surface area (Å²) < 4.78 is 5.71. The Morgan fingerprint density at radius 1 is 0.407 bits per heavy atom. The lowest BCUT2D eigenvalue weighted by molar-refractivity contribution is 0.131. The molecule has 0 saturated carbocycles. The summed E-state index contributed by atoms with van der Waals surface area (Å²) in [5, 5.41) is 3.52. The summed E-state index contributed by atoms with van der Waals surface area (Å²) in [6.45, 7) is 8.59. The lowest BCUT2D eigenvalue weighted by Gasteiger charge is -2.07. The molecule has 0 amide bonds. The second-order valence-electron chi connectivity index (χ2n) is 8.37. The van der Waals surface area contributed by atoms with Crippen molar-refractivity contribution in [2.24, 2.45) is 0 Å². The molecule has 0 aromatic heterocycles. The van der Waals surface area contributed by atoms with E-state index in [1.165, 1.54) is 122 Å². The van der Waals surface area contributed by atoms with Gasteiger partial charge < -0.3 is 10.1 Å². The van der Waals surface area contributed by atoms with Crippen molar-refractivity contribution >= 4 is 0 Å². The van der Waals surface area contributed by atoms with Crippen LogP contribution in [0, 0.1) is 0 Å². The Balaban J connectivity index is 2.95. The van der Waals surface area contributed by atoms with E-state index in [1.54, 1.807) is 0 Å². The summed E-state index contributed by atoms with van der Waals surface area (Å²) in [6.07, 6.45) is 26.7. The zero-order valence-electron chi connectivity index (χ0n) is 19.2. The molecule has 0 atom stereocenters. The third-order valence-electron chi connectivity index (χ3n) is 5.52. The standard InChI is InChI=1S/C25H53NO/c1-3-5-7-9-11-12-13-14-15-16-18-20-22-26-23-25-27-24-21-19-17-10-8-6-4-2/h26H,3-25H2,1-2H3. The first-order valence-corrected chi connectivity index (χ1v) is 12.7. The number of nitrogens with one attached hydrogen (secondary N) is 1. The maximum absolute atomic E-state index is 5.71. The van der Waals surface area contributed by atoms with Crippen LogP contribution >= 0.6 is 0 Å². The SMILES string of the molecule is CCCCCCCCCCCCCCNCCOCCCCCCCCC. The molecule has 0 aliphatic carbocycles. The number of ether oxygens (including phenoxy) is 1. The van der Waals surface area contributed by atoms with Gasteiger partial charge in [0.05, 0.1) is 6.61 Å². The van der Waals surface area contributed by atoms with Gasteiger partial charge in [-0.3, -0.25) is 0 Å². The van der Waals surface area contributed by atoms with E-state index >= 15 is 0 Å². The molecule has 0 spiro atoms. The van der Waals surface area contributed by atoms with Crippen LogP contribution in [0.2, 0.25) is 0 Å². The van der Waals surface area contributed by atoms with Gasteiger partial charge in [-0.1, -0.05) is 123 Å². The highest BCUT2D eigenvalue weighted by Gasteiger charge is 1.95. The van der Waals surface area contributed by atoms with Crippen LogP contribution < -0.4 is 5.32 Å². The average Bonchev–Trinajstić information content (AvgIpc) is 2.68. The van der Waals surface area contributed by atoms with Crippen LogP contribution in [0.15, 0.2) is 0 Å². The molecule has 0 bridgehead atoms. The van der Waals surface area contributed by atoms with Gasteiger partial charge in [-0.25, -0.2) is 0 Å². The van der Waals surface area contributed by atoms with Crippen molar-refractivity contribution in [1.29, 1.82) is 0 Å². The van der Waals surface area contributed by atoms with Crippen molar-refractivity contribution in [3.63, 3.8) is 0 Å². The van der Waals surface area contributed by atoms with Gasteiger partial charge in [0.15, 0.2) is 0 Å². The van der Waals surface area contributed by atoms with Crippen molar-refractivity contribution in [3.05, 3.63) is 0 Å². The smallest absolute Gasteiger partial charge is 0.0590 e. The van der Waals surface area contributed by atoms with Gasteiger partial charge in [0, 0.05) is 13.2 Å². The first kappa shape index (κ1) is 26.9. The van der Waals surface area contributed by atoms with Gasteiger partial charge in [-0.2, -0.15) is 0 Å². The molecule has 1 N–H and O–H groups in total. The fourth-order valence-electron chi connectivity index (χ4n) is 3.62. The number of unbranched alkanes of at least 4 members (excludes halogenated alkanes) is 17. The largest absolute Gasteiger partial charge is 0.380 e. The first-order valence-electron chi connectivity index (χ1n) is 12.7. The third-order valence-corrected chi connectivity index (χ3v) is 5.52. The van der Waals surface area contributed by atoms with E-state index in [0.29, 0.717) is 0 Å². The Morgan fingerprint density at radius 3 is 1.30 bits per heavy atom. The van der Waals surface area contributed by atoms with E-state index in [9.17, 15) is 0 Å². The molecule has 0 unspecified atom stereocenters. The van der Waals surface area contributed by atoms with E-state index in [1.807, 2.05) is 0 Å². The monoisotopic (exact) mass is 383 g/mol. The van der Waals surface area contributed by atoms with Gasteiger partial charge in [-0.05, 0) is 19.4 Å². The van der Waals surface area contributed by atoms with Crippen LogP contribution in [0.3, 0.4) is 0 Å². The Morgan fingerprint density at radius 2 is 0.815 bits per heavy atom. The van der Waals surface area contributed by atoms with Crippen LogP contribution in [0.1, 0.15) is 136 Å². The second kappa shape index (κ2) is 25.9. The molecule has 164 valence electrons. The van der Waals surface area contributed by atoms with E-state index in [4.69, 9.17) is 4.74 Å². The predicted molar refractivity (Wildman–Crippen MR) is 123 cm³/mol. The molecular formula is C25H53NO. The fourth-order valence-corrected chi connectivity index (χ4v) is 3.62. The third kappa shape index (κ3) is 25.9. The Labute approximate surface area is 172 Å². The molecule has 0 aliphatic heterocycles. The molecule has 0 rings (SSSR count). The number of hydrogen-bond acceptors (Lipinski definition) is 2. The molecule has 0 aromatic rings. The Hall–Kier alpha value is -0.0800. The van der Waals surface area contributed by atoms with Crippen molar-refractivity contribution in [2.45, 2.75) is 136 Å². The molecule has 0 saturated heterocycles. The van der Waals surface area contributed by atoms with Crippen LogP contribution in [0.5, 0.6) is 0 Å². The molecule has 0 radical (unpaired) electrons. The van der Waals surface area contributed by atoms with E-state index < -0.39 is 0 Å². The van der Waals surface area contributed by atoms with Gasteiger partial charge >= 0.3 is 0 Å². The number of rotatable bonds is 24. The molecule has 0 fully saturated rings. The Bertz CT molecular complexity index is 220. The molecular weight excluding hydrogens is 330 g/mol. The van der Waals surface area contributed by atoms with E-state index in [-0.39, 0.29) is 0 Å². The second-order valence-corrected chi connectivity index (χ2v) is 8.37. The van der Waals surface area contributed by atoms with Crippen molar-refractivity contribution in [3.8, 4) is 0 Å². The highest BCUT2D eigenvalue weighted by atomic mass is 16.5. The van der Waals surface area contributed by atoms with Gasteiger partial charge in [0.2, 0.25) is 0 Å². The molecule has 2 nitrogen and oxygen atoms in total. The lowest BCUT2D eigenvalue weighted by atomic mass is 10.1. The van der Waals surface area contributed by atoms with Crippen LogP contribution in [0.25, 0.3) is 0 Å². The van der Waals surface area contributed by atoms with E-state index in [0.717, 1.165) is 26.3 Å². The summed E-state index contributed by atoms with van der Waals surface area (Å²) >= 11 is 0. The normalized spacial score (nSPS) is 11.3. The summed E-state index contributed by atoms with van der Waals surface area (Å²) in [5.74, 6) is 0. The highest BCUT2D eigenvalue weighted by Crippen LogP contribution is 2.11. The van der Waals surface area contributed by atoms with Crippen molar-refractivity contribution in [2.75, 3.05) is 26.3 Å². The summed E-state index contributed by atoms with van der Waals surface area (Å²) in [7, 11) is 0. The first-order chi connectivity index (χ1) is 13.4. The van der Waals surface area contributed by atoms with Gasteiger partial charge in [0.1, 0.15) is 0 Å². The summed E-state index contributed by atoms with van der Waals surface area (Å²) in [6, 6.07) is 0. The minimum atomic E-state index is 0.883. The van der Waals surface area contributed by atoms with Crippen LogP contribution in [-0.2, 0) is 4.74 Å². The van der Waals surface area contributed by atoms with Gasteiger partial charge in [0.25, 0.3) is 0 Å². The molecule has 27 heavy (non-hydrogen) atoms. The quantitative estimate of drug-likeness (QED) is 0.170. The van der Waals surface area contributed by atoms with Crippen molar-refractivity contribution in [1.82, 2.24) is 5.32 Å². The zero-order valence-corrected chi connectivity index (χ0v) is 19.2. The zero-order chi connectivity index (χ0) is 19.7. The number of hydrogen-bond donors (Lipinski definition) is 1. The minimum Gasteiger partial charge on any atom is -0.380 e. The molecule has 2 heteroatoms. The predicted octanol–water partition coefficient (Wildman–Crippen LogP) is 8.04. The molecule has 0 heterocycles. The molecule has 0 aliphatic rings. The summed E-state index contributed by atoms with van der Waals surface area (Å²) in [5.41, 5.74) is 0. The fraction of sp³-hybridized carbons (Fsp3) is 1.00. The molecule has 0 aromatic carbocycles. The Kier molecular flexibility index (Phi) is 25.8. The van der Waals surface area contributed by atoms with Crippen LogP contribution in [-0.4, -0.2) is 26.3 Å². The lowest BCUT2D eigenvalue weighted by Crippen LogP contribution is -2.21. The maximum atomic E-state index is 5.71. The average molecular weight is 384 g/mol.